The molecule has 2 aromatic carbocycles. The van der Waals surface area contributed by atoms with E-state index >= 15 is 0 Å². The number of imidazole rings is 1. The monoisotopic (exact) mass is 495 g/mol. The van der Waals surface area contributed by atoms with Crippen molar-refractivity contribution in [3.8, 4) is 5.69 Å². The highest BCUT2D eigenvalue weighted by molar-refractivity contribution is 6.05. The van der Waals surface area contributed by atoms with Gasteiger partial charge in [-0.1, -0.05) is 57.1 Å². The fourth-order valence-electron chi connectivity index (χ4n) is 4.06. The van der Waals surface area contributed by atoms with E-state index in [1.165, 1.54) is 44.9 Å². The predicted octanol–water partition coefficient (Wildman–Crippen LogP) is 6.08. The van der Waals surface area contributed by atoms with Crippen LogP contribution in [-0.4, -0.2) is 30.9 Å². The number of H-pyrrole nitrogens is 1. The highest BCUT2D eigenvalue weighted by atomic mass is 35.5. The number of nitrogens with zero attached hydrogens (tertiary/aromatic N) is 4. The molecule has 2 heterocycles. The summed E-state index contributed by atoms with van der Waals surface area (Å²) in [4.78, 5) is 19.8. The van der Waals surface area contributed by atoms with Crippen LogP contribution in [0.5, 0.6) is 0 Å². The average molecular weight is 496 g/mol. The van der Waals surface area contributed by atoms with Crippen LogP contribution in [0, 0.1) is 0 Å². The quantitative estimate of drug-likeness (QED) is 0.206. The van der Waals surface area contributed by atoms with E-state index in [9.17, 15) is 4.79 Å². The Morgan fingerprint density at radius 3 is 2.46 bits per heavy atom. The van der Waals surface area contributed by atoms with E-state index in [4.69, 9.17) is 5.73 Å². The molecule has 0 saturated carbocycles. The molecule has 35 heavy (non-hydrogen) atoms. The molecule has 4 N–H and O–H groups in total. The zero-order valence-corrected chi connectivity index (χ0v) is 21.0. The maximum atomic E-state index is 12.7. The Bertz CT molecular complexity index is 1220. The van der Waals surface area contributed by atoms with E-state index in [0.717, 1.165) is 35.3 Å². The fourth-order valence-corrected chi connectivity index (χ4v) is 4.06. The van der Waals surface area contributed by atoms with Crippen LogP contribution in [-0.2, 0) is 6.42 Å². The number of aryl methyl sites for hydroxylation is 1. The number of carbonyl (C=O) groups is 1. The second-order valence-electron chi connectivity index (χ2n) is 8.73. The summed E-state index contributed by atoms with van der Waals surface area (Å²) < 4.78 is 1.76. The molecule has 0 fully saturated rings. The summed E-state index contributed by atoms with van der Waals surface area (Å²) in [6.45, 7) is 2.25. The number of aromatic nitrogens is 5. The van der Waals surface area contributed by atoms with E-state index in [-0.39, 0.29) is 18.3 Å². The van der Waals surface area contributed by atoms with Crippen molar-refractivity contribution >= 4 is 41.0 Å². The number of amides is 1. The molecule has 4 aromatic rings. The van der Waals surface area contributed by atoms with E-state index in [0.29, 0.717) is 17.2 Å². The summed E-state index contributed by atoms with van der Waals surface area (Å²) in [5.74, 6) is 0.162. The number of halogens is 1. The first kappa shape index (κ1) is 26.2. The molecule has 0 aliphatic heterocycles. The smallest absolute Gasteiger partial charge is 0.255 e. The van der Waals surface area contributed by atoms with Crippen LogP contribution in [0.3, 0.4) is 0 Å². The van der Waals surface area contributed by atoms with Crippen LogP contribution in [0.1, 0.15) is 74.3 Å². The first-order chi connectivity index (χ1) is 16.6. The summed E-state index contributed by atoms with van der Waals surface area (Å²) in [7, 11) is 0. The molecule has 0 bridgehead atoms. The summed E-state index contributed by atoms with van der Waals surface area (Å²) in [5, 5.41) is 11.5. The number of hydrogen-bond acceptors (Lipinski definition) is 5. The molecule has 0 atom stereocenters. The Balaban J connectivity index is 0.00000342. The molecular weight excluding hydrogens is 462 g/mol. The van der Waals surface area contributed by atoms with Gasteiger partial charge in [-0.15, -0.1) is 17.5 Å². The molecular formula is C26H34ClN7O. The summed E-state index contributed by atoms with van der Waals surface area (Å²) >= 11 is 0. The van der Waals surface area contributed by atoms with Gasteiger partial charge in [0.25, 0.3) is 5.91 Å². The molecule has 0 radical (unpaired) electrons. The Labute approximate surface area is 212 Å². The Kier molecular flexibility index (Phi) is 9.66. The minimum Gasteiger partial charge on any atom is -0.369 e. The van der Waals surface area contributed by atoms with Gasteiger partial charge in [-0.2, -0.15) is 0 Å². The maximum Gasteiger partial charge on any atom is 0.255 e. The second kappa shape index (κ2) is 12.9. The molecule has 0 saturated heterocycles. The van der Waals surface area contributed by atoms with Crippen LogP contribution in [0.2, 0.25) is 0 Å². The first-order valence-electron chi connectivity index (χ1n) is 12.2. The Morgan fingerprint density at radius 2 is 1.71 bits per heavy atom. The van der Waals surface area contributed by atoms with Crippen LogP contribution in [0.15, 0.2) is 48.7 Å². The molecule has 2 aromatic heterocycles. The van der Waals surface area contributed by atoms with Gasteiger partial charge >= 0.3 is 0 Å². The van der Waals surface area contributed by atoms with Gasteiger partial charge < -0.3 is 16.0 Å². The lowest BCUT2D eigenvalue weighted by atomic mass is 10.1. The maximum absolute atomic E-state index is 12.7. The van der Waals surface area contributed by atoms with E-state index in [1.54, 1.807) is 22.9 Å². The van der Waals surface area contributed by atoms with Crippen LogP contribution >= 0.6 is 12.4 Å². The third kappa shape index (κ3) is 7.29. The highest BCUT2D eigenvalue weighted by Crippen LogP contribution is 2.19. The molecule has 4 rings (SSSR count). The number of anilines is 2. The summed E-state index contributed by atoms with van der Waals surface area (Å²) in [6.07, 6.45) is 13.3. The van der Waals surface area contributed by atoms with Gasteiger partial charge in [-0.3, -0.25) is 4.79 Å². The minimum atomic E-state index is -0.188. The number of rotatable bonds is 12. The Hall–Kier alpha value is -3.39. The number of benzene rings is 2. The number of aromatic amines is 1. The molecule has 0 aliphatic carbocycles. The second-order valence-corrected chi connectivity index (χ2v) is 8.73. The third-order valence-corrected chi connectivity index (χ3v) is 5.98. The third-order valence-electron chi connectivity index (χ3n) is 5.98. The fraction of sp³-hybridized carbons (Fsp3) is 0.385. The van der Waals surface area contributed by atoms with Crippen molar-refractivity contribution in [1.82, 2.24) is 25.0 Å². The van der Waals surface area contributed by atoms with Crippen LogP contribution in [0.4, 0.5) is 11.6 Å². The van der Waals surface area contributed by atoms with E-state index in [1.807, 2.05) is 30.5 Å². The lowest BCUT2D eigenvalue weighted by molar-refractivity contribution is 0.102. The van der Waals surface area contributed by atoms with Crippen molar-refractivity contribution < 1.29 is 4.79 Å². The van der Waals surface area contributed by atoms with Gasteiger partial charge in [0.2, 0.25) is 0 Å². The molecule has 0 aliphatic rings. The van der Waals surface area contributed by atoms with Crippen molar-refractivity contribution in [3.63, 3.8) is 0 Å². The van der Waals surface area contributed by atoms with Crippen LogP contribution < -0.4 is 11.1 Å². The lowest BCUT2D eigenvalue weighted by Gasteiger charge is -2.06. The number of nitrogen functional groups attached to an aromatic ring is 1. The topological polar surface area (TPSA) is 115 Å². The SMILES string of the molecule is CCCCCCCCCCc1cn(-c2ccc(C(=O)Nc3ccc4nc(N)[nH]c4c3)cc2)nn1.Cl. The van der Waals surface area contributed by atoms with Gasteiger partial charge in [0.15, 0.2) is 5.95 Å². The molecule has 9 heteroatoms. The largest absolute Gasteiger partial charge is 0.369 e. The summed E-state index contributed by atoms with van der Waals surface area (Å²) in [6, 6.07) is 12.8. The number of nitrogens with one attached hydrogen (secondary N) is 2. The number of fused-ring (bicyclic) bond motifs is 1. The normalized spacial score (nSPS) is 10.9. The van der Waals surface area contributed by atoms with Crippen molar-refractivity contribution in [2.45, 2.75) is 64.7 Å². The highest BCUT2D eigenvalue weighted by Gasteiger charge is 2.09. The van der Waals surface area contributed by atoms with Crippen molar-refractivity contribution in [2.75, 3.05) is 11.1 Å². The number of carbonyl (C=O) groups excluding carboxylic acids is 1. The van der Waals surface area contributed by atoms with Gasteiger partial charge in [-0.05, 0) is 55.3 Å². The predicted molar refractivity (Wildman–Crippen MR) is 143 cm³/mol. The van der Waals surface area contributed by atoms with Crippen molar-refractivity contribution in [2.24, 2.45) is 0 Å². The average Bonchev–Trinajstić information content (AvgIpc) is 3.46. The molecule has 186 valence electrons. The molecule has 1 amide bonds. The van der Waals surface area contributed by atoms with Crippen molar-refractivity contribution in [1.29, 1.82) is 0 Å². The van der Waals surface area contributed by atoms with Gasteiger partial charge in [-0.25, -0.2) is 9.67 Å². The lowest BCUT2D eigenvalue weighted by Crippen LogP contribution is -2.11. The van der Waals surface area contributed by atoms with Gasteiger partial charge in [0.1, 0.15) is 0 Å². The number of nitrogens with two attached hydrogens (primary N) is 1. The van der Waals surface area contributed by atoms with Gasteiger partial charge in [0.05, 0.1) is 28.6 Å². The number of unbranched alkanes of at least 4 members (excludes halogenated alkanes) is 7. The standard InChI is InChI=1S/C26H33N7O.ClH/c1-2-3-4-5-6-7-8-9-10-21-18-33(32-31-21)22-14-11-19(12-15-22)25(34)28-20-13-16-23-24(17-20)30-26(27)29-23;/h11-18H,2-10H2,1H3,(H,28,34)(H3,27,29,30);1H. The van der Waals surface area contributed by atoms with Gasteiger partial charge in [0, 0.05) is 11.3 Å². The number of hydrogen-bond donors (Lipinski definition) is 3. The first-order valence-corrected chi connectivity index (χ1v) is 12.2. The molecule has 8 nitrogen and oxygen atoms in total. The van der Waals surface area contributed by atoms with Crippen molar-refractivity contribution in [3.05, 3.63) is 59.9 Å². The zero-order valence-electron chi connectivity index (χ0n) is 20.2. The van der Waals surface area contributed by atoms with E-state index in [2.05, 4.69) is 32.5 Å². The molecule has 0 unspecified atom stereocenters. The van der Waals surface area contributed by atoms with Crippen LogP contribution in [0.25, 0.3) is 16.7 Å². The Morgan fingerprint density at radius 1 is 1.00 bits per heavy atom. The zero-order chi connectivity index (χ0) is 23.8. The summed E-state index contributed by atoms with van der Waals surface area (Å²) in [5.41, 5.74) is 10.3. The minimum absolute atomic E-state index is 0. The van der Waals surface area contributed by atoms with E-state index < -0.39 is 0 Å². The molecule has 0 spiro atoms.